The number of benzene rings is 1. The number of rotatable bonds is 2. The first-order valence-electron chi connectivity index (χ1n) is 3.69. The quantitative estimate of drug-likeness (QED) is 0.775. The molecule has 0 saturated carbocycles. The van der Waals surface area contributed by atoms with E-state index in [1.54, 1.807) is 0 Å². The molecule has 0 radical (unpaired) electrons. The fourth-order valence-corrected chi connectivity index (χ4v) is 0.984. The summed E-state index contributed by atoms with van der Waals surface area (Å²) in [5, 5.41) is -1.10. The van der Waals surface area contributed by atoms with E-state index in [2.05, 4.69) is 23.2 Å². The molecule has 0 fully saturated rings. The molecule has 16 heavy (non-hydrogen) atoms. The summed E-state index contributed by atoms with van der Waals surface area (Å²) in [5.41, 5.74) is 0.691. The van der Waals surface area contributed by atoms with Gasteiger partial charge in [0.2, 0.25) is 0 Å². The number of hydrogen-bond acceptors (Lipinski definition) is 3. The van der Waals surface area contributed by atoms with Gasteiger partial charge in [0.1, 0.15) is 0 Å². The van der Waals surface area contributed by atoms with Crippen LogP contribution in [0.3, 0.4) is 0 Å². The maximum absolute atomic E-state index is 10.6. The maximum atomic E-state index is 10.6. The van der Waals surface area contributed by atoms with Gasteiger partial charge in [0.05, 0.1) is 0 Å². The van der Waals surface area contributed by atoms with Crippen LogP contribution in [0.25, 0.3) is 0 Å². The molecule has 0 spiro atoms. The van der Waals surface area contributed by atoms with Crippen LogP contribution in [-0.2, 0) is 0 Å². The normalized spacial score (nSPS) is 8.75. The zero-order valence-electron chi connectivity index (χ0n) is 7.55. The molecule has 0 aliphatic carbocycles. The van der Waals surface area contributed by atoms with Crippen LogP contribution >= 0.6 is 46.4 Å². The molecule has 7 heteroatoms. The lowest BCUT2D eigenvalue weighted by molar-refractivity contribution is 0.107. The molecular formula is C9H4Cl4O3. The van der Waals surface area contributed by atoms with Crippen molar-refractivity contribution in [2.45, 2.75) is 0 Å². The minimum Gasteiger partial charge on any atom is -0.276 e. The number of halogens is 4. The van der Waals surface area contributed by atoms with E-state index in [4.69, 9.17) is 28.0 Å². The smallest absolute Gasteiger partial charge is 0.276 e. The van der Waals surface area contributed by atoms with E-state index >= 15 is 0 Å². The number of carbonyl (C=O) groups is 3. The predicted octanol–water partition coefficient (Wildman–Crippen LogP) is 4.03. The third kappa shape index (κ3) is 6.80. The molecule has 0 aliphatic rings. The second kappa shape index (κ2) is 7.63. The van der Waals surface area contributed by atoms with Crippen molar-refractivity contribution in [1.29, 1.82) is 0 Å². The topological polar surface area (TPSA) is 51.2 Å². The van der Waals surface area contributed by atoms with E-state index in [9.17, 15) is 9.59 Å². The molecule has 1 aromatic carbocycles. The number of hydrogen-bond donors (Lipinski definition) is 0. The first-order chi connectivity index (χ1) is 7.34. The minimum atomic E-state index is -0.889. The van der Waals surface area contributed by atoms with Gasteiger partial charge in [0.25, 0.3) is 10.5 Å². The van der Waals surface area contributed by atoms with Crippen molar-refractivity contribution in [3.8, 4) is 0 Å². The Morgan fingerprint density at radius 2 is 0.875 bits per heavy atom. The Morgan fingerprint density at radius 1 is 0.688 bits per heavy atom. The molecule has 0 aromatic heterocycles. The molecule has 0 amide bonds. The Bertz CT molecular complexity index is 363. The maximum Gasteiger partial charge on any atom is 0.313 e. The highest BCUT2D eigenvalue weighted by molar-refractivity contribution is 6.93. The van der Waals surface area contributed by atoms with Gasteiger partial charge >= 0.3 is 4.70 Å². The van der Waals surface area contributed by atoms with Crippen molar-refractivity contribution >= 4 is 61.6 Å². The summed E-state index contributed by atoms with van der Waals surface area (Å²) in [6, 6.07) is 5.80. The van der Waals surface area contributed by atoms with Gasteiger partial charge in [-0.25, -0.2) is 0 Å². The summed E-state index contributed by atoms with van der Waals surface area (Å²) < 4.78 is -0.889. The largest absolute Gasteiger partial charge is 0.313 e. The Morgan fingerprint density at radius 3 is 1.00 bits per heavy atom. The lowest BCUT2D eigenvalue weighted by Crippen LogP contribution is -1.92. The molecule has 86 valence electrons. The summed E-state index contributed by atoms with van der Waals surface area (Å²) in [7, 11) is 0. The first kappa shape index (κ1) is 15.4. The van der Waals surface area contributed by atoms with E-state index in [-0.39, 0.29) is 0 Å². The third-order valence-corrected chi connectivity index (χ3v) is 1.78. The van der Waals surface area contributed by atoms with Crippen molar-refractivity contribution in [3.05, 3.63) is 35.4 Å². The van der Waals surface area contributed by atoms with Gasteiger partial charge in [-0.05, 0) is 70.7 Å². The van der Waals surface area contributed by atoms with Crippen LogP contribution in [-0.4, -0.2) is 15.2 Å². The average Bonchev–Trinajstić information content (AvgIpc) is 2.17. The SMILES string of the molecule is O=C(Cl)Cl.O=C(Cl)c1ccc(C(=O)Cl)cc1. The summed E-state index contributed by atoms with van der Waals surface area (Å²) in [5.74, 6) is 0. The van der Waals surface area contributed by atoms with E-state index in [1.807, 2.05) is 0 Å². The fraction of sp³-hybridized carbons (Fsp3) is 0. The van der Waals surface area contributed by atoms with E-state index in [0.717, 1.165) is 0 Å². The minimum absolute atomic E-state index is 0.346. The van der Waals surface area contributed by atoms with Gasteiger partial charge < -0.3 is 0 Å². The lowest BCUT2D eigenvalue weighted by Gasteiger charge is -1.94. The highest BCUT2D eigenvalue weighted by Gasteiger charge is 2.03. The Kier molecular flexibility index (Phi) is 7.34. The van der Waals surface area contributed by atoms with Crippen LogP contribution < -0.4 is 0 Å². The van der Waals surface area contributed by atoms with Gasteiger partial charge in [-0.3, -0.25) is 14.4 Å². The molecule has 3 nitrogen and oxygen atoms in total. The standard InChI is InChI=1S/C8H4Cl2O2.CCl2O/c9-7(11)5-1-2-6(4-3-5)8(10)12;2-1(3)4/h1-4H;. The molecule has 1 rings (SSSR count). The molecule has 0 unspecified atom stereocenters. The van der Waals surface area contributed by atoms with E-state index in [1.165, 1.54) is 24.3 Å². The van der Waals surface area contributed by atoms with E-state index in [0.29, 0.717) is 11.1 Å². The van der Waals surface area contributed by atoms with Gasteiger partial charge in [-0.1, -0.05) is 0 Å². The molecule has 0 N–H and O–H groups in total. The molecule has 0 heterocycles. The first-order valence-corrected chi connectivity index (χ1v) is 5.20. The van der Waals surface area contributed by atoms with Gasteiger partial charge in [-0.2, -0.15) is 0 Å². The molecule has 0 saturated heterocycles. The van der Waals surface area contributed by atoms with Crippen molar-refractivity contribution in [2.24, 2.45) is 0 Å². The summed E-state index contributed by atoms with van der Waals surface area (Å²) in [4.78, 5) is 30.1. The van der Waals surface area contributed by atoms with Crippen molar-refractivity contribution in [2.75, 3.05) is 0 Å². The Balaban J connectivity index is 0.000000487. The molecular weight excluding hydrogens is 298 g/mol. The molecule has 0 bridgehead atoms. The Hall–Kier alpha value is -0.610. The summed E-state index contributed by atoms with van der Waals surface area (Å²) in [6.07, 6.45) is 0. The van der Waals surface area contributed by atoms with Crippen LogP contribution in [0, 0.1) is 0 Å². The van der Waals surface area contributed by atoms with Gasteiger partial charge in [-0.15, -0.1) is 0 Å². The second-order valence-electron chi connectivity index (χ2n) is 2.35. The molecule has 0 atom stereocenters. The van der Waals surface area contributed by atoms with Crippen LogP contribution in [0.2, 0.25) is 0 Å². The summed E-state index contributed by atoms with van der Waals surface area (Å²) in [6.45, 7) is 0. The van der Waals surface area contributed by atoms with Crippen molar-refractivity contribution in [1.82, 2.24) is 0 Å². The predicted molar refractivity (Wildman–Crippen MR) is 63.9 cm³/mol. The number of carbonyl (C=O) groups excluding carboxylic acids is 3. The van der Waals surface area contributed by atoms with Crippen LogP contribution in [0.5, 0.6) is 0 Å². The Labute approximate surface area is 111 Å². The highest BCUT2D eigenvalue weighted by Crippen LogP contribution is 2.08. The zero-order valence-corrected chi connectivity index (χ0v) is 10.6. The van der Waals surface area contributed by atoms with Crippen LogP contribution in [0.1, 0.15) is 20.7 Å². The summed E-state index contributed by atoms with van der Waals surface area (Å²) >= 11 is 19.2. The van der Waals surface area contributed by atoms with Gasteiger partial charge in [0, 0.05) is 11.1 Å². The van der Waals surface area contributed by atoms with Gasteiger partial charge in [0.15, 0.2) is 0 Å². The second-order valence-corrected chi connectivity index (χ2v) is 3.92. The van der Waals surface area contributed by atoms with Crippen LogP contribution in [0.15, 0.2) is 24.3 Å². The average molecular weight is 302 g/mol. The monoisotopic (exact) mass is 300 g/mol. The van der Waals surface area contributed by atoms with E-state index < -0.39 is 15.2 Å². The molecule has 0 aliphatic heterocycles. The van der Waals surface area contributed by atoms with Crippen molar-refractivity contribution < 1.29 is 14.4 Å². The molecule has 1 aromatic rings. The highest BCUT2D eigenvalue weighted by atomic mass is 35.5. The third-order valence-electron chi connectivity index (χ3n) is 1.34. The van der Waals surface area contributed by atoms with Crippen molar-refractivity contribution in [3.63, 3.8) is 0 Å². The lowest BCUT2D eigenvalue weighted by atomic mass is 10.2. The zero-order chi connectivity index (χ0) is 12.7. The van der Waals surface area contributed by atoms with Crippen LogP contribution in [0.4, 0.5) is 4.79 Å². The fourth-order valence-electron chi connectivity index (χ4n) is 0.732.